The van der Waals surface area contributed by atoms with Crippen LogP contribution in [0.2, 0.25) is 0 Å². The van der Waals surface area contributed by atoms with E-state index in [1.807, 2.05) is 0 Å². The third kappa shape index (κ3) is 3.45. The van der Waals surface area contributed by atoms with Crippen molar-refractivity contribution in [3.63, 3.8) is 0 Å². The van der Waals surface area contributed by atoms with Gasteiger partial charge in [0.15, 0.2) is 5.13 Å². The van der Waals surface area contributed by atoms with Crippen molar-refractivity contribution in [2.75, 3.05) is 10.6 Å². The second-order valence-corrected chi connectivity index (χ2v) is 6.00. The zero-order chi connectivity index (χ0) is 14.7. The first-order chi connectivity index (χ1) is 9.45. The Balaban J connectivity index is 2.06. The Hall–Kier alpha value is -2.13. The molecular formula is C11H8BrN3O4S. The van der Waals surface area contributed by atoms with Gasteiger partial charge in [-0.1, -0.05) is 11.3 Å². The minimum atomic E-state index is -1.16. The number of hydrogen-bond acceptors (Lipinski definition) is 5. The van der Waals surface area contributed by atoms with E-state index in [2.05, 4.69) is 31.5 Å². The van der Waals surface area contributed by atoms with E-state index < -0.39 is 12.0 Å². The summed E-state index contributed by atoms with van der Waals surface area (Å²) in [6, 6.07) is 3.04. The van der Waals surface area contributed by atoms with Crippen LogP contribution in [0.25, 0.3) is 0 Å². The van der Waals surface area contributed by atoms with E-state index >= 15 is 0 Å². The maximum atomic E-state index is 11.7. The fourth-order valence-corrected chi connectivity index (χ4v) is 2.43. The highest BCUT2D eigenvalue weighted by atomic mass is 79.9. The second-order valence-electron chi connectivity index (χ2n) is 3.59. The van der Waals surface area contributed by atoms with Crippen molar-refractivity contribution in [2.45, 2.75) is 0 Å². The maximum Gasteiger partial charge on any atom is 0.335 e. The number of carbonyl (C=O) groups is 2. The van der Waals surface area contributed by atoms with Gasteiger partial charge in [-0.2, -0.15) is 0 Å². The van der Waals surface area contributed by atoms with E-state index in [4.69, 9.17) is 5.11 Å². The predicted molar refractivity (Wildman–Crippen MR) is 77.5 cm³/mol. The van der Waals surface area contributed by atoms with Gasteiger partial charge in [-0.05, 0) is 34.1 Å². The lowest BCUT2D eigenvalue weighted by molar-refractivity contribution is 0.0696. The van der Waals surface area contributed by atoms with Crippen LogP contribution in [-0.2, 0) is 0 Å². The smallest absolute Gasteiger partial charge is 0.335 e. The molecule has 2 rings (SSSR count). The Morgan fingerprint density at radius 1 is 1.30 bits per heavy atom. The molecule has 0 radical (unpaired) electrons. The van der Waals surface area contributed by atoms with E-state index in [0.717, 1.165) is 9.85 Å². The summed E-state index contributed by atoms with van der Waals surface area (Å²) in [5.74, 6) is -1.50. The number of nitrogens with zero attached hydrogens (tertiary/aromatic N) is 1. The Bertz CT molecular complexity index is 673. The summed E-state index contributed by atoms with van der Waals surface area (Å²) in [7, 11) is 0. The summed E-state index contributed by atoms with van der Waals surface area (Å²) in [4.78, 5) is 26.3. The van der Waals surface area contributed by atoms with Gasteiger partial charge in [0, 0.05) is 0 Å². The molecule has 0 aliphatic rings. The summed E-state index contributed by atoms with van der Waals surface area (Å²) >= 11 is 4.44. The number of phenols is 1. The number of anilines is 2. The van der Waals surface area contributed by atoms with Crippen LogP contribution in [0.4, 0.5) is 15.6 Å². The maximum absolute atomic E-state index is 11.7. The Morgan fingerprint density at radius 3 is 2.60 bits per heavy atom. The number of aromatic hydroxyl groups is 1. The Morgan fingerprint density at radius 2 is 2.05 bits per heavy atom. The zero-order valence-corrected chi connectivity index (χ0v) is 12.2. The Kier molecular flexibility index (Phi) is 4.20. The van der Waals surface area contributed by atoms with Gasteiger partial charge in [0.05, 0.1) is 21.2 Å². The first kappa shape index (κ1) is 14.3. The fourth-order valence-electron chi connectivity index (χ4n) is 1.33. The average Bonchev–Trinajstić information content (AvgIpc) is 2.77. The molecule has 1 aromatic heterocycles. The number of benzene rings is 1. The van der Waals surface area contributed by atoms with Gasteiger partial charge >= 0.3 is 12.0 Å². The van der Waals surface area contributed by atoms with Crippen LogP contribution in [0.15, 0.2) is 28.2 Å². The van der Waals surface area contributed by atoms with Crippen LogP contribution in [-0.4, -0.2) is 27.2 Å². The van der Waals surface area contributed by atoms with Crippen molar-refractivity contribution in [1.82, 2.24) is 4.98 Å². The highest BCUT2D eigenvalue weighted by Gasteiger charge is 2.11. The van der Waals surface area contributed by atoms with Gasteiger partial charge in [-0.3, -0.25) is 5.32 Å². The van der Waals surface area contributed by atoms with Gasteiger partial charge in [0.1, 0.15) is 5.75 Å². The van der Waals surface area contributed by atoms with Gasteiger partial charge in [-0.15, -0.1) is 0 Å². The molecule has 0 saturated carbocycles. The number of phenolic OH excluding ortho intramolecular Hbond substituents is 1. The van der Waals surface area contributed by atoms with Crippen LogP contribution in [0, 0.1) is 0 Å². The van der Waals surface area contributed by atoms with Crippen molar-refractivity contribution >= 4 is 50.1 Å². The molecule has 7 nitrogen and oxygen atoms in total. The molecule has 20 heavy (non-hydrogen) atoms. The predicted octanol–water partition coefficient (Wildman–Crippen LogP) is 2.95. The summed E-state index contributed by atoms with van der Waals surface area (Å²) in [6.45, 7) is 0. The zero-order valence-electron chi connectivity index (χ0n) is 9.75. The largest absolute Gasteiger partial charge is 0.506 e. The number of aromatic carboxylic acids is 1. The number of halogens is 1. The van der Waals surface area contributed by atoms with Gasteiger partial charge in [-0.25, -0.2) is 14.6 Å². The van der Waals surface area contributed by atoms with Crippen molar-refractivity contribution in [3.05, 3.63) is 33.7 Å². The van der Waals surface area contributed by atoms with E-state index in [-0.39, 0.29) is 17.0 Å². The quantitative estimate of drug-likeness (QED) is 0.631. The third-order valence-corrected chi connectivity index (χ3v) is 3.58. The van der Waals surface area contributed by atoms with E-state index in [1.165, 1.54) is 23.5 Å². The van der Waals surface area contributed by atoms with Crippen LogP contribution in [0.1, 0.15) is 10.4 Å². The van der Waals surface area contributed by atoms with Gasteiger partial charge < -0.3 is 15.5 Å². The Labute approximate surface area is 125 Å². The monoisotopic (exact) mass is 357 g/mol. The van der Waals surface area contributed by atoms with E-state index in [0.29, 0.717) is 5.13 Å². The minimum absolute atomic E-state index is 0.0719. The topological polar surface area (TPSA) is 112 Å². The molecule has 2 aromatic rings. The molecule has 0 aliphatic carbocycles. The van der Waals surface area contributed by atoms with Gasteiger partial charge in [0.25, 0.3) is 0 Å². The number of urea groups is 1. The molecule has 9 heteroatoms. The lowest BCUT2D eigenvalue weighted by Crippen LogP contribution is -2.19. The van der Waals surface area contributed by atoms with Crippen molar-refractivity contribution in [1.29, 1.82) is 0 Å². The summed E-state index contributed by atoms with van der Waals surface area (Å²) in [5, 5.41) is 23.6. The average molecular weight is 358 g/mol. The van der Waals surface area contributed by atoms with Crippen molar-refractivity contribution in [2.24, 2.45) is 0 Å². The first-order valence-electron chi connectivity index (χ1n) is 5.21. The SMILES string of the molecule is O=C(Nc1ncc(Br)s1)Nc1ccc(C(=O)O)cc1O. The number of hydrogen-bond donors (Lipinski definition) is 4. The summed E-state index contributed by atoms with van der Waals surface area (Å²) < 4.78 is 0.765. The molecule has 0 bridgehead atoms. The molecule has 1 aromatic carbocycles. The number of carbonyl (C=O) groups excluding carboxylic acids is 1. The summed E-state index contributed by atoms with van der Waals surface area (Å²) in [5.41, 5.74) is 0.0282. The molecule has 104 valence electrons. The van der Waals surface area contributed by atoms with Crippen molar-refractivity contribution < 1.29 is 19.8 Å². The molecular weight excluding hydrogens is 350 g/mol. The molecule has 0 fully saturated rings. The van der Waals surface area contributed by atoms with Gasteiger partial charge in [0.2, 0.25) is 0 Å². The highest BCUT2D eigenvalue weighted by Crippen LogP contribution is 2.26. The molecule has 0 unspecified atom stereocenters. The normalized spacial score (nSPS) is 10.1. The summed E-state index contributed by atoms with van der Waals surface area (Å²) in [6.07, 6.45) is 1.54. The molecule has 0 aliphatic heterocycles. The highest BCUT2D eigenvalue weighted by molar-refractivity contribution is 9.11. The molecule has 4 N–H and O–H groups in total. The number of carboxylic acids is 1. The van der Waals surface area contributed by atoms with Crippen LogP contribution < -0.4 is 10.6 Å². The standard InChI is InChI=1S/C11H8BrN3O4S/c12-8-4-13-11(20-8)15-10(19)14-6-2-1-5(9(17)18)3-7(6)16/h1-4,16H,(H,17,18)(H2,13,14,15,19). The van der Waals surface area contributed by atoms with Crippen LogP contribution >= 0.6 is 27.3 Å². The number of nitrogens with one attached hydrogen (secondary N) is 2. The number of thiazole rings is 1. The van der Waals surface area contributed by atoms with Crippen molar-refractivity contribution in [3.8, 4) is 5.75 Å². The van der Waals surface area contributed by atoms with E-state index in [9.17, 15) is 14.7 Å². The van der Waals surface area contributed by atoms with Crippen LogP contribution in [0.5, 0.6) is 5.75 Å². The third-order valence-electron chi connectivity index (χ3n) is 2.19. The van der Waals surface area contributed by atoms with E-state index in [1.54, 1.807) is 6.20 Å². The van der Waals surface area contributed by atoms with Crippen LogP contribution in [0.3, 0.4) is 0 Å². The molecule has 0 spiro atoms. The fraction of sp³-hybridized carbons (Fsp3) is 0. The molecule has 2 amide bonds. The number of rotatable bonds is 3. The lowest BCUT2D eigenvalue weighted by Gasteiger charge is -2.07. The number of aromatic nitrogens is 1. The molecule has 0 atom stereocenters. The molecule has 1 heterocycles. The first-order valence-corrected chi connectivity index (χ1v) is 6.82. The lowest BCUT2D eigenvalue weighted by atomic mass is 10.2. The number of amides is 2. The minimum Gasteiger partial charge on any atom is -0.506 e. The second kappa shape index (κ2) is 5.88. The number of carboxylic acid groups (broad SMARTS) is 1. The molecule has 0 saturated heterocycles.